The molecule has 0 aromatic carbocycles. The Bertz CT molecular complexity index is 343. The number of ether oxygens (including phenoxy) is 2. The van der Waals surface area contributed by atoms with Gasteiger partial charge in [0, 0.05) is 6.42 Å². The molecule has 0 heterocycles. The lowest BCUT2D eigenvalue weighted by atomic mass is 10.0. The third kappa shape index (κ3) is 16.2. The van der Waals surface area contributed by atoms with E-state index in [2.05, 4.69) is 6.92 Å². The zero-order valence-electron chi connectivity index (χ0n) is 20.0. The first-order chi connectivity index (χ1) is 13.8. The molecule has 4 atom stereocenters. The Balaban J connectivity index is 4.61. The van der Waals surface area contributed by atoms with Crippen molar-refractivity contribution in [1.29, 1.82) is 0 Å². The van der Waals surface area contributed by atoms with Gasteiger partial charge in [-0.25, -0.2) is 0 Å². The maximum absolute atomic E-state index is 9.75. The van der Waals surface area contributed by atoms with E-state index in [0.29, 0.717) is 19.3 Å². The van der Waals surface area contributed by atoms with Crippen LogP contribution in [-0.2, 0) is 9.47 Å². The van der Waals surface area contributed by atoms with Gasteiger partial charge in [-0.2, -0.15) is 0 Å². The van der Waals surface area contributed by atoms with Crippen molar-refractivity contribution in [2.24, 2.45) is 5.73 Å². The molecule has 0 aliphatic heterocycles. The molecule has 176 valence electrons. The largest absolute Gasteiger partial charge is 0.393 e. The highest BCUT2D eigenvalue weighted by molar-refractivity contribution is 4.72. The van der Waals surface area contributed by atoms with Crippen molar-refractivity contribution in [3.05, 3.63) is 0 Å². The monoisotopic (exact) mass is 417 g/mol. The van der Waals surface area contributed by atoms with E-state index < -0.39 is 18.1 Å². The summed E-state index contributed by atoms with van der Waals surface area (Å²) in [6, 6.07) is 0. The van der Waals surface area contributed by atoms with Crippen LogP contribution >= 0.6 is 0 Å². The van der Waals surface area contributed by atoms with Crippen molar-refractivity contribution >= 4 is 0 Å². The number of aliphatic hydroxyl groups excluding tert-OH is 2. The molecule has 0 spiro atoms. The Labute approximate surface area is 180 Å². The molecule has 0 saturated carbocycles. The summed E-state index contributed by atoms with van der Waals surface area (Å²) < 4.78 is 12.4. The molecule has 0 bridgehead atoms. The summed E-state index contributed by atoms with van der Waals surface area (Å²) in [5.74, 6) is -1.16. The zero-order valence-corrected chi connectivity index (χ0v) is 20.0. The van der Waals surface area contributed by atoms with Crippen molar-refractivity contribution in [3.63, 3.8) is 0 Å². The molecule has 0 radical (unpaired) electrons. The molecule has 0 aromatic heterocycles. The fourth-order valence-corrected chi connectivity index (χ4v) is 3.75. The second-order valence-corrected chi connectivity index (χ2v) is 8.86. The molecular weight excluding hydrogens is 366 g/mol. The van der Waals surface area contributed by atoms with E-state index in [1.807, 2.05) is 13.8 Å². The standard InChI is InChI=1S/C24H51NO4/c1-6-9-10-11-12-13-14-15-16-17-24(25,28-22(7-2)18-20(4)26)29-23(8-3)19-21(5)27/h20-23,26-27H,6-19,25H2,1-5H3. The van der Waals surface area contributed by atoms with E-state index in [1.165, 1.54) is 44.9 Å². The number of nitrogens with two attached hydrogens (primary N) is 1. The minimum Gasteiger partial charge on any atom is -0.393 e. The normalized spacial score (nSPS) is 18.2. The molecule has 5 nitrogen and oxygen atoms in total. The summed E-state index contributed by atoms with van der Waals surface area (Å²) in [5, 5.41) is 19.5. The summed E-state index contributed by atoms with van der Waals surface area (Å²) in [6.07, 6.45) is 13.4. The molecule has 29 heavy (non-hydrogen) atoms. The van der Waals surface area contributed by atoms with Gasteiger partial charge in [0.1, 0.15) is 0 Å². The lowest BCUT2D eigenvalue weighted by Gasteiger charge is -2.37. The number of hydrogen-bond donors (Lipinski definition) is 3. The molecule has 4 N–H and O–H groups in total. The van der Waals surface area contributed by atoms with E-state index in [-0.39, 0.29) is 12.2 Å². The quantitative estimate of drug-likeness (QED) is 0.176. The van der Waals surface area contributed by atoms with Gasteiger partial charge < -0.3 is 19.7 Å². The van der Waals surface area contributed by atoms with Crippen LogP contribution in [0.25, 0.3) is 0 Å². The van der Waals surface area contributed by atoms with Crippen LogP contribution in [0, 0.1) is 0 Å². The van der Waals surface area contributed by atoms with Crippen molar-refractivity contribution in [2.75, 3.05) is 0 Å². The summed E-state index contributed by atoms with van der Waals surface area (Å²) in [7, 11) is 0. The first-order valence-electron chi connectivity index (χ1n) is 12.3. The first kappa shape index (κ1) is 28.8. The molecule has 4 unspecified atom stereocenters. The molecule has 5 heteroatoms. The van der Waals surface area contributed by atoms with Gasteiger partial charge in [0.15, 0.2) is 0 Å². The maximum atomic E-state index is 9.75. The van der Waals surface area contributed by atoms with Crippen molar-refractivity contribution in [1.82, 2.24) is 0 Å². The Morgan fingerprint density at radius 3 is 1.41 bits per heavy atom. The van der Waals surface area contributed by atoms with Crippen molar-refractivity contribution in [3.8, 4) is 0 Å². The van der Waals surface area contributed by atoms with E-state index in [9.17, 15) is 10.2 Å². The van der Waals surface area contributed by atoms with Crippen LogP contribution in [0.3, 0.4) is 0 Å². The highest BCUT2D eigenvalue weighted by Crippen LogP contribution is 2.25. The summed E-state index contributed by atoms with van der Waals surface area (Å²) in [4.78, 5) is 0. The Morgan fingerprint density at radius 1 is 0.690 bits per heavy atom. The molecule has 0 aliphatic carbocycles. The fourth-order valence-electron chi connectivity index (χ4n) is 3.75. The van der Waals surface area contributed by atoms with Crippen LogP contribution in [0.15, 0.2) is 0 Å². The van der Waals surface area contributed by atoms with E-state index in [4.69, 9.17) is 15.2 Å². The number of hydrogen-bond acceptors (Lipinski definition) is 5. The molecular formula is C24H51NO4. The smallest absolute Gasteiger partial charge is 0.225 e. The summed E-state index contributed by atoms with van der Waals surface area (Å²) in [5.41, 5.74) is 6.59. The van der Waals surface area contributed by atoms with Gasteiger partial charge in [0.25, 0.3) is 0 Å². The fraction of sp³-hybridized carbons (Fsp3) is 1.00. The van der Waals surface area contributed by atoms with Gasteiger partial charge in [0.2, 0.25) is 5.91 Å². The summed E-state index contributed by atoms with van der Waals surface area (Å²) in [6.45, 7) is 9.87. The van der Waals surface area contributed by atoms with E-state index in [0.717, 1.165) is 25.7 Å². The first-order valence-corrected chi connectivity index (χ1v) is 12.3. The average molecular weight is 418 g/mol. The highest BCUT2D eigenvalue weighted by Gasteiger charge is 2.33. The van der Waals surface area contributed by atoms with Gasteiger partial charge in [-0.05, 0) is 46.0 Å². The Morgan fingerprint density at radius 2 is 1.07 bits per heavy atom. The van der Waals surface area contributed by atoms with Crippen LogP contribution in [0.1, 0.15) is 125 Å². The zero-order chi connectivity index (χ0) is 22.1. The minimum absolute atomic E-state index is 0.136. The predicted molar refractivity (Wildman–Crippen MR) is 122 cm³/mol. The topological polar surface area (TPSA) is 84.9 Å². The Hall–Kier alpha value is -0.200. The van der Waals surface area contributed by atoms with Crippen LogP contribution in [0.2, 0.25) is 0 Å². The number of rotatable bonds is 20. The molecule has 0 fully saturated rings. The van der Waals surface area contributed by atoms with Crippen LogP contribution in [-0.4, -0.2) is 40.5 Å². The number of unbranched alkanes of at least 4 members (excludes halogenated alkanes) is 8. The van der Waals surface area contributed by atoms with Crippen molar-refractivity contribution < 1.29 is 19.7 Å². The molecule has 0 amide bonds. The molecule has 0 aliphatic rings. The van der Waals surface area contributed by atoms with E-state index >= 15 is 0 Å². The SMILES string of the molecule is CCCCCCCCCCCC(N)(OC(CC)CC(C)O)OC(CC)CC(C)O. The van der Waals surface area contributed by atoms with E-state index in [1.54, 1.807) is 13.8 Å². The molecule has 0 saturated heterocycles. The average Bonchev–Trinajstić information content (AvgIpc) is 2.64. The second kappa shape index (κ2) is 17.5. The van der Waals surface area contributed by atoms with Gasteiger partial charge in [-0.3, -0.25) is 5.73 Å². The third-order valence-electron chi connectivity index (χ3n) is 5.48. The second-order valence-electron chi connectivity index (χ2n) is 8.86. The lowest BCUT2D eigenvalue weighted by Crippen LogP contribution is -2.51. The lowest BCUT2D eigenvalue weighted by molar-refractivity contribution is -0.285. The Kier molecular flexibility index (Phi) is 17.4. The van der Waals surface area contributed by atoms with Gasteiger partial charge in [0.05, 0.1) is 24.4 Å². The van der Waals surface area contributed by atoms with Crippen LogP contribution in [0.5, 0.6) is 0 Å². The summed E-state index contributed by atoms with van der Waals surface area (Å²) >= 11 is 0. The molecule has 0 aromatic rings. The van der Waals surface area contributed by atoms with Crippen LogP contribution in [0.4, 0.5) is 0 Å². The van der Waals surface area contributed by atoms with Gasteiger partial charge in [-0.1, -0.05) is 72.1 Å². The van der Waals surface area contributed by atoms with Gasteiger partial charge >= 0.3 is 0 Å². The predicted octanol–water partition coefficient (Wildman–Crippen LogP) is 5.65. The highest BCUT2D eigenvalue weighted by atomic mass is 16.7. The molecule has 0 rings (SSSR count). The van der Waals surface area contributed by atoms with Crippen LogP contribution < -0.4 is 5.73 Å². The minimum atomic E-state index is -1.16. The maximum Gasteiger partial charge on any atom is 0.225 e. The van der Waals surface area contributed by atoms with Crippen molar-refractivity contribution in [2.45, 2.75) is 155 Å². The number of aliphatic hydroxyl groups is 2. The van der Waals surface area contributed by atoms with Gasteiger partial charge in [-0.15, -0.1) is 0 Å². The third-order valence-corrected chi connectivity index (χ3v) is 5.48.